The predicted octanol–water partition coefficient (Wildman–Crippen LogP) is 18.3. The van der Waals surface area contributed by atoms with Crippen LogP contribution in [0, 0.1) is 17.8 Å². The van der Waals surface area contributed by atoms with Gasteiger partial charge in [-0.3, -0.25) is 0 Å². The van der Waals surface area contributed by atoms with Crippen LogP contribution in [0.25, 0.3) is 0 Å². The summed E-state index contributed by atoms with van der Waals surface area (Å²) in [6.45, 7) is 15.8. The number of hydrogen-bond donors (Lipinski definition) is 3. The molecule has 0 aromatic carbocycles. The molecule has 352 valence electrons. The van der Waals surface area contributed by atoms with Crippen LogP contribution >= 0.6 is 0 Å². The van der Waals surface area contributed by atoms with Gasteiger partial charge in [-0.1, -0.05) is 292 Å². The van der Waals surface area contributed by atoms with Gasteiger partial charge in [0.1, 0.15) is 0 Å². The molecule has 0 aliphatic rings. The Labute approximate surface area is 388 Å². The molecule has 0 saturated carbocycles. The third-order valence-corrected chi connectivity index (χ3v) is 11.8. The zero-order valence-corrected chi connectivity index (χ0v) is 42.8. The molecule has 4 heteroatoms. The monoisotopic (exact) mass is 862 g/mol. The van der Waals surface area contributed by atoms with E-state index in [-0.39, 0.29) is 21.7 Å². The molecule has 0 aliphatic carbocycles. The van der Waals surface area contributed by atoms with Gasteiger partial charge in [0, 0.05) is 41.5 Å². The van der Waals surface area contributed by atoms with Crippen molar-refractivity contribution < 1.29 is 37.0 Å². The van der Waals surface area contributed by atoms with E-state index in [1.165, 1.54) is 250 Å². The van der Waals surface area contributed by atoms with E-state index in [2.05, 4.69) is 56.9 Å². The Kier molecular flexibility index (Phi) is 62.5. The van der Waals surface area contributed by atoms with E-state index in [1.807, 2.05) is 0 Å². The number of rotatable bonds is 48. The van der Waals surface area contributed by atoms with Crippen molar-refractivity contribution in [2.24, 2.45) is 17.8 Å². The van der Waals surface area contributed by atoms with Crippen molar-refractivity contribution in [2.75, 3.05) is 19.8 Å². The Morgan fingerprint density at radius 1 is 0.224 bits per heavy atom. The van der Waals surface area contributed by atoms with Crippen molar-refractivity contribution in [1.29, 1.82) is 4.29 Å². The van der Waals surface area contributed by atoms with Crippen LogP contribution < -0.4 is 0 Å². The minimum Gasteiger partial charge on any atom is -0.396 e. The van der Waals surface area contributed by atoms with E-state index >= 15 is 0 Å². The molecular formula is C54H114O3Ti. The van der Waals surface area contributed by atoms with E-state index in [0.29, 0.717) is 19.8 Å². The van der Waals surface area contributed by atoms with Crippen LogP contribution in [0.15, 0.2) is 0 Å². The standard InChI is InChI=1S/3C18H38O.Ti/c3*1-18(2)16-14-12-10-8-6-4-3-5-7-9-11-13-15-17-19;/h3*18-19H,3-17H2,1-2H3;/i3*19D;. The van der Waals surface area contributed by atoms with Crippen LogP contribution in [-0.4, -0.2) is 39.4 Å². The van der Waals surface area contributed by atoms with Crippen LogP contribution in [0.3, 0.4) is 0 Å². The summed E-state index contributed by atoms with van der Waals surface area (Å²) in [7, 11) is 0. The second-order valence-electron chi connectivity index (χ2n) is 19.4. The molecular weight excluding hydrogens is 744 g/mol. The van der Waals surface area contributed by atoms with E-state index < -0.39 is 0 Å². The largest absolute Gasteiger partial charge is 0.396 e. The van der Waals surface area contributed by atoms with Gasteiger partial charge in [-0.05, 0) is 37.0 Å². The second-order valence-corrected chi connectivity index (χ2v) is 19.4. The van der Waals surface area contributed by atoms with Crippen LogP contribution in [0.4, 0.5) is 0 Å². The zero-order valence-electron chi connectivity index (χ0n) is 44.3. The molecule has 0 heterocycles. The van der Waals surface area contributed by atoms with Crippen molar-refractivity contribution >= 4 is 0 Å². The third-order valence-electron chi connectivity index (χ3n) is 11.8. The summed E-state index contributed by atoms with van der Waals surface area (Å²) in [4.78, 5) is 0. The molecule has 3 nitrogen and oxygen atoms in total. The fourth-order valence-electron chi connectivity index (χ4n) is 7.80. The van der Waals surface area contributed by atoms with Gasteiger partial charge >= 0.3 is 0 Å². The molecule has 0 fully saturated rings. The summed E-state index contributed by atoms with van der Waals surface area (Å²) in [6.07, 6.45) is 57.9. The van der Waals surface area contributed by atoms with Gasteiger partial charge in [-0.25, -0.2) is 0 Å². The molecule has 0 aliphatic heterocycles. The first-order valence-electron chi connectivity index (χ1n) is 27.8. The minimum absolute atomic E-state index is 0. The average molecular weight is 862 g/mol. The summed E-state index contributed by atoms with van der Waals surface area (Å²) >= 11 is 0. The van der Waals surface area contributed by atoms with Gasteiger partial charge < -0.3 is 15.3 Å². The van der Waals surface area contributed by atoms with E-state index in [0.717, 1.165) is 37.0 Å². The van der Waals surface area contributed by atoms with Gasteiger partial charge in [-0.2, -0.15) is 0 Å². The molecule has 0 aromatic rings. The van der Waals surface area contributed by atoms with Crippen LogP contribution in [-0.2, 0) is 21.7 Å². The van der Waals surface area contributed by atoms with Gasteiger partial charge in [0.05, 0.1) is 0 Å². The number of unbranched alkanes of at least 4 members (excludes halogenated alkanes) is 36. The first kappa shape index (κ1) is 58.6. The summed E-state index contributed by atoms with van der Waals surface area (Å²) in [6, 6.07) is 0. The maximum atomic E-state index is 6.59. The van der Waals surface area contributed by atoms with Gasteiger partial charge in [0.15, 0.2) is 0 Å². The molecule has 0 atom stereocenters. The number of hydrogen-bond acceptors (Lipinski definition) is 3. The maximum Gasteiger partial charge on any atom is 0.210 e. The molecule has 58 heavy (non-hydrogen) atoms. The fraction of sp³-hybridized carbons (Fsp3) is 1.00. The Morgan fingerprint density at radius 2 is 0.345 bits per heavy atom. The third kappa shape index (κ3) is 74.1. The minimum atomic E-state index is 0. The van der Waals surface area contributed by atoms with Crippen LogP contribution in [0.1, 0.15) is 311 Å². The number of aliphatic hydroxyl groups is 3. The molecule has 0 unspecified atom stereocenters. The van der Waals surface area contributed by atoms with Crippen LogP contribution in [0.2, 0.25) is 0 Å². The summed E-state index contributed by atoms with van der Waals surface area (Å²) in [5.41, 5.74) is 0. The van der Waals surface area contributed by atoms with Crippen molar-refractivity contribution in [3.8, 4) is 0 Å². The number of aliphatic hydroxyl groups excluding tert-OH is 3. The van der Waals surface area contributed by atoms with Gasteiger partial charge in [-0.15, -0.1) is 0 Å². The SMILES string of the molecule is [2H]OCCCCCCCCCCCCCCCC(C)C.[2H]OCCCCCCCCCCCCCCCC(C)C.[2H]OCCCCCCCCCCCCCCCC(C)C.[Ti]. The van der Waals surface area contributed by atoms with Crippen LogP contribution in [0.5, 0.6) is 0 Å². The van der Waals surface area contributed by atoms with Crippen molar-refractivity contribution in [3.63, 3.8) is 0 Å². The molecule has 0 radical (unpaired) electrons. The maximum absolute atomic E-state index is 6.59. The first-order valence-corrected chi connectivity index (χ1v) is 26.6. The normalized spacial score (nSPS) is 11.8. The topological polar surface area (TPSA) is 60.7 Å². The summed E-state index contributed by atoms with van der Waals surface area (Å²) in [5.74, 6) is 2.65. The van der Waals surface area contributed by atoms with Crippen molar-refractivity contribution in [2.45, 2.75) is 311 Å². The molecule has 0 amide bonds. The predicted molar refractivity (Wildman–Crippen MR) is 260 cm³/mol. The average Bonchev–Trinajstić information content (AvgIpc) is 3.22. The Balaban J connectivity index is -0.000000396. The molecule has 0 rings (SSSR count). The van der Waals surface area contributed by atoms with Gasteiger partial charge in [0.25, 0.3) is 0 Å². The van der Waals surface area contributed by atoms with Crippen molar-refractivity contribution in [3.05, 3.63) is 0 Å². The summed E-state index contributed by atoms with van der Waals surface area (Å²) in [5, 5.41) is 12.9. The Bertz CT molecular complexity index is 610. The quantitative estimate of drug-likeness (QED) is 0.0422. The van der Waals surface area contributed by atoms with E-state index in [4.69, 9.17) is 4.29 Å². The van der Waals surface area contributed by atoms with Gasteiger partial charge in [0.2, 0.25) is 4.29 Å². The second kappa shape index (κ2) is 61.9. The van der Waals surface area contributed by atoms with Crippen molar-refractivity contribution in [1.82, 2.24) is 0 Å². The summed E-state index contributed by atoms with van der Waals surface area (Å²) < 4.78 is 19.8. The molecule has 0 saturated heterocycles. The molecule has 0 bridgehead atoms. The molecule has 0 aromatic heterocycles. The molecule has 3 N–H and O–H groups in total. The first-order chi connectivity index (χ1) is 29.3. The molecule has 0 spiro atoms. The fourth-order valence-corrected chi connectivity index (χ4v) is 7.80. The zero-order chi connectivity index (χ0) is 44.7. The Hall–Kier alpha value is 0.594. The van der Waals surface area contributed by atoms with E-state index in [1.54, 1.807) is 0 Å². The smallest absolute Gasteiger partial charge is 0.210 e. The Morgan fingerprint density at radius 3 is 0.466 bits per heavy atom. The van der Waals surface area contributed by atoms with E-state index in [9.17, 15) is 0 Å².